The summed E-state index contributed by atoms with van der Waals surface area (Å²) >= 11 is 5.99. The van der Waals surface area contributed by atoms with Gasteiger partial charge in [-0.25, -0.2) is 0 Å². The zero-order chi connectivity index (χ0) is 18.9. The molecular weight excluding hydrogens is 348 g/mol. The predicted molar refractivity (Wildman–Crippen MR) is 104 cm³/mol. The van der Waals surface area contributed by atoms with Gasteiger partial charge in [0.15, 0.2) is 6.29 Å². The van der Waals surface area contributed by atoms with E-state index in [9.17, 15) is 9.59 Å². The number of benzene rings is 2. The van der Waals surface area contributed by atoms with E-state index in [-0.39, 0.29) is 11.7 Å². The van der Waals surface area contributed by atoms with Gasteiger partial charge in [-0.15, -0.1) is 0 Å². The van der Waals surface area contributed by atoms with Crippen LogP contribution in [-0.2, 0) is 16.1 Å². The summed E-state index contributed by atoms with van der Waals surface area (Å²) in [6.07, 6.45) is 0.442. The molecule has 0 amide bonds. The highest BCUT2D eigenvalue weighted by molar-refractivity contribution is 6.30. The maximum atomic E-state index is 12.4. The highest BCUT2D eigenvalue weighted by atomic mass is 35.5. The van der Waals surface area contributed by atoms with E-state index in [1.807, 2.05) is 50.2 Å². The van der Waals surface area contributed by atoms with Gasteiger partial charge in [0, 0.05) is 29.6 Å². The number of halogens is 1. The zero-order valence-electron chi connectivity index (χ0n) is 15.0. The van der Waals surface area contributed by atoms with E-state index in [0.717, 1.165) is 22.3 Å². The Morgan fingerprint density at radius 1 is 1.23 bits per heavy atom. The molecule has 0 aromatic heterocycles. The van der Waals surface area contributed by atoms with E-state index >= 15 is 0 Å². The van der Waals surface area contributed by atoms with E-state index in [1.54, 1.807) is 0 Å². The highest BCUT2D eigenvalue weighted by Gasteiger charge is 2.46. The second-order valence-corrected chi connectivity index (χ2v) is 7.77. The molecule has 0 saturated carbocycles. The molecule has 26 heavy (non-hydrogen) atoms. The molecule has 1 aliphatic rings. The number of nitrogens with one attached hydrogen (secondary N) is 1. The number of aldehydes is 1. The quantitative estimate of drug-likeness (QED) is 0.625. The average molecular weight is 371 g/mol. The molecule has 136 valence electrons. The highest BCUT2D eigenvalue weighted by Crippen LogP contribution is 2.40. The van der Waals surface area contributed by atoms with Gasteiger partial charge in [0.2, 0.25) is 5.78 Å². The lowest BCUT2D eigenvalue weighted by Gasteiger charge is -2.28. The molecule has 3 rings (SSSR count). The Hall–Kier alpha value is -2.01. The van der Waals surface area contributed by atoms with Crippen molar-refractivity contribution in [1.82, 2.24) is 5.32 Å². The number of carbonyl (C=O) groups excluding carboxylic acids is 2. The zero-order valence-corrected chi connectivity index (χ0v) is 15.7. The van der Waals surface area contributed by atoms with Gasteiger partial charge in [-0.05, 0) is 48.2 Å². The minimum absolute atomic E-state index is 0.0894. The fraction of sp³-hybridized carbons (Fsp3) is 0.333. The van der Waals surface area contributed by atoms with Crippen molar-refractivity contribution < 1.29 is 9.59 Å². The lowest BCUT2D eigenvalue weighted by atomic mass is 9.75. The summed E-state index contributed by atoms with van der Waals surface area (Å²) in [6.45, 7) is 4.94. The van der Waals surface area contributed by atoms with Crippen molar-refractivity contribution >= 4 is 23.7 Å². The molecule has 1 fully saturated rings. The lowest BCUT2D eigenvalue weighted by molar-refractivity contribution is -0.133. The minimum atomic E-state index is -0.440. The van der Waals surface area contributed by atoms with Crippen LogP contribution in [-0.4, -0.2) is 24.2 Å². The summed E-state index contributed by atoms with van der Waals surface area (Å²) in [5.74, 6) is -0.871. The maximum absolute atomic E-state index is 12.4. The molecule has 2 aromatic rings. The van der Waals surface area contributed by atoms with Crippen LogP contribution in [0.4, 0.5) is 0 Å². The first-order chi connectivity index (χ1) is 12.4. The molecule has 5 heteroatoms. The third-order valence-electron chi connectivity index (χ3n) is 5.32. The van der Waals surface area contributed by atoms with Crippen molar-refractivity contribution in [3.8, 4) is 11.1 Å². The Kier molecular flexibility index (Phi) is 5.28. The van der Waals surface area contributed by atoms with Gasteiger partial charge in [0.05, 0.1) is 5.92 Å². The number of hydrogen-bond donors (Lipinski definition) is 2. The van der Waals surface area contributed by atoms with Crippen LogP contribution in [0.5, 0.6) is 0 Å². The third-order valence-corrected chi connectivity index (χ3v) is 5.57. The van der Waals surface area contributed by atoms with E-state index < -0.39 is 11.5 Å². The Labute approximate surface area is 158 Å². The summed E-state index contributed by atoms with van der Waals surface area (Å²) in [6, 6.07) is 13.8. The third kappa shape index (κ3) is 3.45. The first-order valence-corrected chi connectivity index (χ1v) is 9.08. The van der Waals surface area contributed by atoms with Crippen molar-refractivity contribution in [3.05, 3.63) is 58.6 Å². The van der Waals surface area contributed by atoms with Gasteiger partial charge < -0.3 is 11.1 Å². The van der Waals surface area contributed by atoms with Gasteiger partial charge >= 0.3 is 0 Å². The maximum Gasteiger partial charge on any atom is 0.200 e. The monoisotopic (exact) mass is 370 g/mol. The molecule has 2 aromatic carbocycles. The minimum Gasteiger partial charge on any atom is -0.326 e. The van der Waals surface area contributed by atoms with Crippen molar-refractivity contribution in [2.24, 2.45) is 11.7 Å². The smallest absolute Gasteiger partial charge is 0.200 e. The van der Waals surface area contributed by atoms with Crippen LogP contribution in [0.2, 0.25) is 5.02 Å². The van der Waals surface area contributed by atoms with Gasteiger partial charge in [0.25, 0.3) is 0 Å². The number of carbonyl (C=O) groups is 2. The van der Waals surface area contributed by atoms with E-state index in [0.29, 0.717) is 24.4 Å². The van der Waals surface area contributed by atoms with Crippen molar-refractivity contribution in [2.45, 2.75) is 31.8 Å². The number of ketones is 1. The molecule has 1 aliphatic heterocycles. The summed E-state index contributed by atoms with van der Waals surface area (Å²) < 4.78 is 0. The number of Topliss-reactive ketones (excluding diaryl/α,β-unsaturated/α-hetero) is 1. The molecule has 2 atom stereocenters. The second-order valence-electron chi connectivity index (χ2n) is 7.33. The lowest BCUT2D eigenvalue weighted by Crippen LogP contribution is -2.42. The normalized spacial score (nSPS) is 21.5. The van der Waals surface area contributed by atoms with Gasteiger partial charge in [0.1, 0.15) is 0 Å². The Bertz CT molecular complexity index is 830. The molecule has 3 N–H and O–H groups in total. The summed E-state index contributed by atoms with van der Waals surface area (Å²) in [7, 11) is 0. The average Bonchev–Trinajstić information content (AvgIpc) is 2.96. The van der Waals surface area contributed by atoms with Crippen LogP contribution in [0.1, 0.15) is 30.9 Å². The van der Waals surface area contributed by atoms with Gasteiger partial charge in [-0.3, -0.25) is 9.59 Å². The van der Waals surface area contributed by atoms with Crippen LogP contribution in [0.3, 0.4) is 0 Å². The summed E-state index contributed by atoms with van der Waals surface area (Å²) in [5, 5.41) is 4.08. The number of hydrogen-bond acceptors (Lipinski definition) is 4. The van der Waals surface area contributed by atoms with Crippen LogP contribution in [0.25, 0.3) is 11.1 Å². The largest absolute Gasteiger partial charge is 0.326 e. The van der Waals surface area contributed by atoms with Gasteiger partial charge in [-0.1, -0.05) is 41.9 Å². The van der Waals surface area contributed by atoms with Crippen molar-refractivity contribution in [3.63, 3.8) is 0 Å². The van der Waals surface area contributed by atoms with Crippen LogP contribution in [0, 0.1) is 5.92 Å². The van der Waals surface area contributed by atoms with Crippen molar-refractivity contribution in [2.75, 3.05) is 6.54 Å². The molecule has 4 nitrogen and oxygen atoms in total. The molecule has 0 spiro atoms. The molecule has 0 radical (unpaired) electrons. The van der Waals surface area contributed by atoms with E-state index in [2.05, 4.69) is 11.4 Å². The van der Waals surface area contributed by atoms with Crippen LogP contribution < -0.4 is 11.1 Å². The first-order valence-electron chi connectivity index (χ1n) is 8.70. The van der Waals surface area contributed by atoms with Crippen LogP contribution >= 0.6 is 11.6 Å². The molecule has 0 bridgehead atoms. The van der Waals surface area contributed by atoms with E-state index in [4.69, 9.17) is 17.3 Å². The number of rotatable bonds is 5. The molecule has 1 saturated heterocycles. The number of nitrogens with two attached hydrogens (primary N) is 1. The fourth-order valence-corrected chi connectivity index (χ4v) is 4.09. The first kappa shape index (κ1) is 18.8. The standard InChI is InChI=1S/C21H23ClN2O2/c1-21(2)20(19(26)12-25)18(11-24-21)17-9-14(3-4-15(17)10-23)13-5-7-16(22)8-6-13/h3-9,12,18,20,24H,10-11,23H2,1-2H3. The Morgan fingerprint density at radius 2 is 1.88 bits per heavy atom. The topological polar surface area (TPSA) is 72.2 Å². The SMILES string of the molecule is CC1(C)NCC(c2cc(-c3ccc(Cl)cc3)ccc2CN)C1C(=O)C=O. The summed E-state index contributed by atoms with van der Waals surface area (Å²) in [5.41, 5.74) is 9.62. The molecular formula is C21H23ClN2O2. The second kappa shape index (κ2) is 7.31. The van der Waals surface area contributed by atoms with Gasteiger partial charge in [-0.2, -0.15) is 0 Å². The predicted octanol–water partition coefficient (Wildman–Crippen LogP) is 3.32. The van der Waals surface area contributed by atoms with E-state index in [1.165, 1.54) is 0 Å². The Balaban J connectivity index is 2.08. The summed E-state index contributed by atoms with van der Waals surface area (Å²) in [4.78, 5) is 23.6. The fourth-order valence-electron chi connectivity index (χ4n) is 3.97. The molecule has 2 unspecified atom stereocenters. The Morgan fingerprint density at radius 3 is 2.50 bits per heavy atom. The molecule has 1 heterocycles. The van der Waals surface area contributed by atoms with Crippen molar-refractivity contribution in [1.29, 1.82) is 0 Å². The molecule has 0 aliphatic carbocycles. The van der Waals surface area contributed by atoms with Crippen LogP contribution in [0.15, 0.2) is 42.5 Å².